The van der Waals surface area contributed by atoms with Gasteiger partial charge < -0.3 is 18.9 Å². The Kier molecular flexibility index (Phi) is 3.92. The maximum Gasteiger partial charge on any atom is 0.495 e. The number of hydrogen-bond donors (Lipinski definition) is 0. The van der Waals surface area contributed by atoms with Gasteiger partial charge >= 0.3 is 7.12 Å². The van der Waals surface area contributed by atoms with Crippen molar-refractivity contribution in [3.8, 4) is 5.75 Å². The molecule has 2 heterocycles. The van der Waals surface area contributed by atoms with Crippen molar-refractivity contribution in [2.75, 3.05) is 11.5 Å². The molecule has 1 aromatic carbocycles. The van der Waals surface area contributed by atoms with Crippen molar-refractivity contribution < 1.29 is 23.2 Å². The zero-order valence-corrected chi connectivity index (χ0v) is 15.0. The van der Waals surface area contributed by atoms with Crippen molar-refractivity contribution in [3.63, 3.8) is 0 Å². The third-order valence-electron chi connectivity index (χ3n) is 4.96. The number of carbonyl (C=O) groups is 1. The first-order valence-electron chi connectivity index (χ1n) is 8.17. The van der Waals surface area contributed by atoms with E-state index in [1.54, 1.807) is 11.0 Å². The van der Waals surface area contributed by atoms with Gasteiger partial charge in [0.25, 0.3) is 5.91 Å². The molecule has 24 heavy (non-hydrogen) atoms. The monoisotopic (exact) mass is 335 g/mol. The van der Waals surface area contributed by atoms with Crippen LogP contribution in [0.3, 0.4) is 0 Å². The van der Waals surface area contributed by atoms with Crippen LogP contribution in [0.25, 0.3) is 0 Å². The molecule has 1 saturated heterocycles. The summed E-state index contributed by atoms with van der Waals surface area (Å²) < 4.78 is 31.8. The molecule has 130 valence electrons. The van der Waals surface area contributed by atoms with Crippen LogP contribution >= 0.6 is 0 Å². The fourth-order valence-electron chi connectivity index (χ4n) is 2.94. The number of rotatable bonds is 2. The zero-order chi connectivity index (χ0) is 17.9. The lowest BCUT2D eigenvalue weighted by Crippen LogP contribution is -2.45. The average Bonchev–Trinajstić information content (AvgIpc) is 2.66. The van der Waals surface area contributed by atoms with Crippen LogP contribution in [0.5, 0.6) is 5.75 Å². The first-order valence-corrected chi connectivity index (χ1v) is 8.17. The van der Waals surface area contributed by atoms with E-state index >= 15 is 0 Å². The molecule has 3 rings (SSSR count). The van der Waals surface area contributed by atoms with Crippen molar-refractivity contribution in [1.82, 2.24) is 0 Å². The number of benzene rings is 1. The van der Waals surface area contributed by atoms with E-state index in [1.807, 2.05) is 41.5 Å². The van der Waals surface area contributed by atoms with Crippen LogP contribution in [0.2, 0.25) is 0 Å². The molecule has 1 amide bonds. The van der Waals surface area contributed by atoms with Gasteiger partial charge in [-0.05, 0) is 59.1 Å². The van der Waals surface area contributed by atoms with E-state index in [1.165, 1.54) is 6.07 Å². The number of halogens is 1. The fourth-order valence-corrected chi connectivity index (χ4v) is 2.94. The summed E-state index contributed by atoms with van der Waals surface area (Å²) in [6.07, 6.45) is 0. The smallest absolute Gasteiger partial charge is 0.478 e. The minimum absolute atomic E-state index is 0.101. The second-order valence-corrected chi connectivity index (χ2v) is 7.59. The van der Waals surface area contributed by atoms with Gasteiger partial charge in [0.2, 0.25) is 0 Å². The van der Waals surface area contributed by atoms with E-state index in [0.29, 0.717) is 11.2 Å². The van der Waals surface area contributed by atoms with Crippen LogP contribution in [0.15, 0.2) is 12.1 Å². The predicted octanol–water partition coefficient (Wildman–Crippen LogP) is 2.26. The average molecular weight is 335 g/mol. The topological polar surface area (TPSA) is 48.0 Å². The third kappa shape index (κ3) is 2.60. The summed E-state index contributed by atoms with van der Waals surface area (Å²) in [6, 6.07) is 2.97. The van der Waals surface area contributed by atoms with Crippen LogP contribution < -0.4 is 15.1 Å². The van der Waals surface area contributed by atoms with Crippen LogP contribution in [0, 0.1) is 5.82 Å². The van der Waals surface area contributed by atoms with E-state index in [4.69, 9.17) is 14.0 Å². The molecule has 7 heteroatoms. The van der Waals surface area contributed by atoms with Gasteiger partial charge in [-0.2, -0.15) is 0 Å². The van der Waals surface area contributed by atoms with Gasteiger partial charge in [-0.1, -0.05) is 0 Å². The summed E-state index contributed by atoms with van der Waals surface area (Å²) in [6.45, 7) is 11.4. The fraction of sp³-hybridized carbons (Fsp3) is 0.588. The van der Waals surface area contributed by atoms with Gasteiger partial charge in [0.05, 0.1) is 16.9 Å². The summed E-state index contributed by atoms with van der Waals surface area (Å²) in [5, 5.41) is 0. The molecule has 0 aliphatic carbocycles. The summed E-state index contributed by atoms with van der Waals surface area (Å²) in [5.74, 6) is -0.609. The number of hydrogen-bond acceptors (Lipinski definition) is 4. The Balaban J connectivity index is 2.04. The van der Waals surface area contributed by atoms with Gasteiger partial charge in [-0.15, -0.1) is 0 Å². The summed E-state index contributed by atoms with van der Waals surface area (Å²) in [5.41, 5.74) is -0.0813. The van der Waals surface area contributed by atoms with Gasteiger partial charge in [-0.25, -0.2) is 4.39 Å². The van der Waals surface area contributed by atoms with E-state index in [-0.39, 0.29) is 24.3 Å². The third-order valence-corrected chi connectivity index (χ3v) is 4.96. The van der Waals surface area contributed by atoms with Crippen LogP contribution in [-0.4, -0.2) is 36.9 Å². The van der Waals surface area contributed by atoms with Crippen molar-refractivity contribution >= 4 is 24.2 Å². The van der Waals surface area contributed by atoms with Crippen molar-refractivity contribution in [2.45, 2.75) is 58.8 Å². The minimum Gasteiger partial charge on any atom is -0.478 e. The summed E-state index contributed by atoms with van der Waals surface area (Å²) in [4.78, 5) is 13.7. The second kappa shape index (κ2) is 5.46. The van der Waals surface area contributed by atoms with Crippen LogP contribution in [0.4, 0.5) is 10.1 Å². The summed E-state index contributed by atoms with van der Waals surface area (Å²) >= 11 is 0. The molecule has 0 bridgehead atoms. The molecule has 2 aliphatic heterocycles. The molecule has 0 aromatic heterocycles. The Morgan fingerprint density at radius 2 is 1.75 bits per heavy atom. The molecule has 0 saturated carbocycles. The van der Waals surface area contributed by atoms with E-state index in [0.717, 1.165) is 0 Å². The molecular weight excluding hydrogens is 312 g/mol. The largest absolute Gasteiger partial charge is 0.495 e. The number of ether oxygens (including phenoxy) is 1. The number of anilines is 1. The summed E-state index contributed by atoms with van der Waals surface area (Å²) in [7, 11) is -0.694. The lowest BCUT2D eigenvalue weighted by atomic mass is 9.78. The van der Waals surface area contributed by atoms with Gasteiger partial charge in [-0.3, -0.25) is 4.79 Å². The van der Waals surface area contributed by atoms with Gasteiger partial charge in [0.1, 0.15) is 0 Å². The number of carbonyl (C=O) groups excluding carboxylic acids is 1. The molecule has 1 fully saturated rings. The highest BCUT2D eigenvalue weighted by atomic mass is 19.1. The minimum atomic E-state index is -0.694. The predicted molar refractivity (Wildman–Crippen MR) is 90.2 cm³/mol. The van der Waals surface area contributed by atoms with Gasteiger partial charge in [0.15, 0.2) is 18.2 Å². The molecule has 0 spiro atoms. The Morgan fingerprint density at radius 1 is 1.17 bits per heavy atom. The maximum absolute atomic E-state index is 14.6. The number of amides is 1. The van der Waals surface area contributed by atoms with Crippen molar-refractivity contribution in [1.29, 1.82) is 0 Å². The molecule has 0 unspecified atom stereocenters. The SMILES string of the molecule is CC(C)N1C(=O)COc2c(F)cc(B3OC(C)(C)C(C)(C)O3)cc21. The molecule has 1 aromatic rings. The Hall–Kier alpha value is -1.60. The zero-order valence-electron chi connectivity index (χ0n) is 15.0. The first-order chi connectivity index (χ1) is 11.0. The molecule has 0 N–H and O–H groups in total. The second-order valence-electron chi connectivity index (χ2n) is 7.59. The Labute approximate surface area is 142 Å². The highest BCUT2D eigenvalue weighted by Gasteiger charge is 2.52. The highest BCUT2D eigenvalue weighted by Crippen LogP contribution is 2.39. The lowest BCUT2D eigenvalue weighted by molar-refractivity contribution is -0.121. The molecule has 0 radical (unpaired) electrons. The standard InChI is InChI=1S/C17H23BFNO4/c1-10(2)20-13-8-11(7-12(19)15(13)22-9-14(20)21)18-23-16(3,4)17(5,6)24-18/h7-8,10H,9H2,1-6H3. The number of nitrogens with zero attached hydrogens (tertiary/aromatic N) is 1. The van der Waals surface area contributed by atoms with E-state index < -0.39 is 24.1 Å². The molecule has 2 aliphatic rings. The normalized spacial score (nSPS) is 21.9. The van der Waals surface area contributed by atoms with Crippen molar-refractivity contribution in [3.05, 3.63) is 17.9 Å². The van der Waals surface area contributed by atoms with Crippen molar-refractivity contribution in [2.24, 2.45) is 0 Å². The van der Waals surface area contributed by atoms with Gasteiger partial charge in [0, 0.05) is 6.04 Å². The Bertz CT molecular complexity index is 673. The molecule has 5 nitrogen and oxygen atoms in total. The first kappa shape index (κ1) is 17.2. The quantitative estimate of drug-likeness (QED) is 0.778. The number of fused-ring (bicyclic) bond motifs is 1. The molecule has 0 atom stereocenters. The van der Waals surface area contributed by atoms with E-state index in [2.05, 4.69) is 0 Å². The lowest BCUT2D eigenvalue weighted by Gasteiger charge is -2.33. The van der Waals surface area contributed by atoms with Crippen LogP contribution in [-0.2, 0) is 14.1 Å². The van der Waals surface area contributed by atoms with Crippen LogP contribution in [0.1, 0.15) is 41.5 Å². The molecular formula is C17H23BFNO4. The Morgan fingerprint density at radius 3 is 2.29 bits per heavy atom. The highest BCUT2D eigenvalue weighted by molar-refractivity contribution is 6.62. The maximum atomic E-state index is 14.6. The van der Waals surface area contributed by atoms with E-state index in [9.17, 15) is 9.18 Å².